The average molecular weight is 440 g/mol. The van der Waals surface area contributed by atoms with Crippen LogP contribution >= 0.6 is 22.9 Å². The number of piperazine rings is 1. The summed E-state index contributed by atoms with van der Waals surface area (Å²) in [5, 5.41) is 16.4. The summed E-state index contributed by atoms with van der Waals surface area (Å²) in [5.74, 6) is 0.742. The highest BCUT2D eigenvalue weighted by molar-refractivity contribution is 7.17. The van der Waals surface area contributed by atoms with Crippen LogP contribution < -0.4 is 0 Å². The number of nitrogens with zero attached hydrogens (tertiary/aromatic N) is 5. The van der Waals surface area contributed by atoms with E-state index in [-0.39, 0.29) is 11.9 Å². The van der Waals surface area contributed by atoms with Gasteiger partial charge in [0.1, 0.15) is 0 Å². The molecule has 8 heteroatoms. The standard InChI is InChI=1S/C22H22ClN5OS/c1-26-11-13-27(14-12-26)18(15-5-3-2-4-6-15)19-21(29)28-22(30-19)24-20(25-28)16-7-9-17(23)10-8-16/h2-10,18,29H,11-14H2,1H3. The lowest BCUT2D eigenvalue weighted by Gasteiger charge is -2.37. The molecule has 0 amide bonds. The molecule has 0 radical (unpaired) electrons. The number of thiazole rings is 1. The number of hydrogen-bond acceptors (Lipinski definition) is 6. The van der Waals surface area contributed by atoms with Crippen LogP contribution in [0, 0.1) is 0 Å². The van der Waals surface area contributed by atoms with E-state index in [2.05, 4.69) is 39.1 Å². The Morgan fingerprint density at radius 3 is 2.37 bits per heavy atom. The number of aromatic nitrogens is 3. The summed E-state index contributed by atoms with van der Waals surface area (Å²) < 4.78 is 1.55. The summed E-state index contributed by atoms with van der Waals surface area (Å²) in [4.78, 5) is 11.0. The Morgan fingerprint density at radius 1 is 1.00 bits per heavy atom. The molecular formula is C22H22ClN5OS. The third-order valence-electron chi connectivity index (χ3n) is 5.57. The fourth-order valence-corrected chi connectivity index (χ4v) is 5.14. The van der Waals surface area contributed by atoms with E-state index in [0.29, 0.717) is 15.8 Å². The molecule has 1 atom stereocenters. The summed E-state index contributed by atoms with van der Waals surface area (Å²) in [6, 6.07) is 17.7. The average Bonchev–Trinajstić information content (AvgIpc) is 3.31. The second-order valence-electron chi connectivity index (χ2n) is 7.58. The predicted octanol–water partition coefficient (Wildman–Crippen LogP) is 4.15. The van der Waals surface area contributed by atoms with Gasteiger partial charge in [0.05, 0.1) is 10.9 Å². The number of rotatable bonds is 4. The van der Waals surface area contributed by atoms with Crippen LogP contribution in [0.1, 0.15) is 16.5 Å². The zero-order valence-corrected chi connectivity index (χ0v) is 18.1. The van der Waals surface area contributed by atoms with Crippen LogP contribution in [0.5, 0.6) is 5.88 Å². The number of halogens is 1. The molecule has 2 aromatic carbocycles. The van der Waals surface area contributed by atoms with E-state index in [1.165, 1.54) is 16.9 Å². The van der Waals surface area contributed by atoms with E-state index in [1.54, 1.807) is 4.52 Å². The molecule has 154 valence electrons. The molecule has 3 heterocycles. The van der Waals surface area contributed by atoms with Gasteiger partial charge >= 0.3 is 0 Å². The van der Waals surface area contributed by atoms with Gasteiger partial charge in [-0.3, -0.25) is 4.90 Å². The smallest absolute Gasteiger partial charge is 0.230 e. The molecule has 6 nitrogen and oxygen atoms in total. The fraction of sp³-hybridized carbons (Fsp3) is 0.273. The van der Waals surface area contributed by atoms with E-state index in [9.17, 15) is 5.11 Å². The first-order valence-corrected chi connectivity index (χ1v) is 11.1. The predicted molar refractivity (Wildman–Crippen MR) is 120 cm³/mol. The van der Waals surface area contributed by atoms with E-state index >= 15 is 0 Å². The van der Waals surface area contributed by atoms with E-state index in [1.807, 2.05) is 42.5 Å². The maximum Gasteiger partial charge on any atom is 0.230 e. The van der Waals surface area contributed by atoms with Gasteiger partial charge in [-0.25, -0.2) is 0 Å². The Labute approximate surface area is 184 Å². The Bertz CT molecular complexity index is 1150. The van der Waals surface area contributed by atoms with Gasteiger partial charge in [-0.05, 0) is 36.9 Å². The second kappa shape index (κ2) is 8.00. The van der Waals surface area contributed by atoms with Gasteiger partial charge in [-0.1, -0.05) is 53.3 Å². The molecule has 0 bridgehead atoms. The molecular weight excluding hydrogens is 418 g/mol. The molecule has 2 aromatic heterocycles. The highest BCUT2D eigenvalue weighted by atomic mass is 35.5. The van der Waals surface area contributed by atoms with Crippen LogP contribution in [0.15, 0.2) is 54.6 Å². The van der Waals surface area contributed by atoms with Crippen molar-refractivity contribution in [2.75, 3.05) is 33.2 Å². The molecule has 30 heavy (non-hydrogen) atoms. The lowest BCUT2D eigenvalue weighted by Crippen LogP contribution is -2.46. The maximum atomic E-state index is 11.1. The minimum absolute atomic E-state index is 0.0209. The molecule has 0 spiro atoms. The zero-order chi connectivity index (χ0) is 20.7. The minimum Gasteiger partial charge on any atom is -0.492 e. The van der Waals surface area contributed by atoms with Crippen molar-refractivity contribution >= 4 is 27.9 Å². The molecule has 1 aliphatic heterocycles. The number of fused-ring (bicyclic) bond motifs is 1. The third-order valence-corrected chi connectivity index (χ3v) is 6.89. The van der Waals surface area contributed by atoms with Crippen molar-refractivity contribution in [2.24, 2.45) is 0 Å². The van der Waals surface area contributed by atoms with Gasteiger partial charge in [-0.15, -0.1) is 5.10 Å². The van der Waals surface area contributed by atoms with Crippen molar-refractivity contribution in [3.63, 3.8) is 0 Å². The van der Waals surface area contributed by atoms with Gasteiger partial charge in [0.2, 0.25) is 10.8 Å². The number of hydrogen-bond donors (Lipinski definition) is 1. The quantitative estimate of drug-likeness (QED) is 0.517. The Balaban J connectivity index is 1.55. The van der Waals surface area contributed by atoms with E-state index in [0.717, 1.165) is 36.6 Å². The van der Waals surface area contributed by atoms with Gasteiger partial charge in [0.25, 0.3) is 0 Å². The summed E-state index contributed by atoms with van der Waals surface area (Å²) >= 11 is 7.48. The highest BCUT2D eigenvalue weighted by Crippen LogP contribution is 2.40. The lowest BCUT2D eigenvalue weighted by molar-refractivity contribution is 0.127. The molecule has 0 aliphatic carbocycles. The third kappa shape index (κ3) is 3.58. The Morgan fingerprint density at radius 2 is 1.70 bits per heavy atom. The zero-order valence-electron chi connectivity index (χ0n) is 16.6. The topological polar surface area (TPSA) is 56.9 Å². The SMILES string of the molecule is CN1CCN(C(c2ccccc2)c2sc3nc(-c4ccc(Cl)cc4)nn3c2O)CC1. The monoisotopic (exact) mass is 439 g/mol. The van der Waals surface area contributed by atoms with Crippen molar-refractivity contribution in [1.29, 1.82) is 0 Å². The van der Waals surface area contributed by atoms with Gasteiger partial charge in [0.15, 0.2) is 5.82 Å². The molecule has 5 rings (SSSR count). The Kier molecular flexibility index (Phi) is 5.20. The second-order valence-corrected chi connectivity index (χ2v) is 9.02. The fourth-order valence-electron chi connectivity index (χ4n) is 3.89. The van der Waals surface area contributed by atoms with Crippen LogP contribution in [0.2, 0.25) is 5.02 Å². The van der Waals surface area contributed by atoms with E-state index < -0.39 is 0 Å². The van der Waals surface area contributed by atoms with Gasteiger partial charge < -0.3 is 10.0 Å². The highest BCUT2D eigenvalue weighted by Gasteiger charge is 2.31. The summed E-state index contributed by atoms with van der Waals surface area (Å²) in [6.45, 7) is 3.90. The number of benzene rings is 2. The van der Waals surface area contributed by atoms with E-state index in [4.69, 9.17) is 11.6 Å². The first-order chi connectivity index (χ1) is 14.6. The number of aromatic hydroxyl groups is 1. The normalized spacial score (nSPS) is 16.9. The van der Waals surface area contributed by atoms with Crippen LogP contribution in [0.3, 0.4) is 0 Å². The van der Waals surface area contributed by atoms with Crippen molar-refractivity contribution in [2.45, 2.75) is 6.04 Å². The first-order valence-electron chi connectivity index (χ1n) is 9.92. The molecule has 1 saturated heterocycles. The molecule has 0 saturated carbocycles. The molecule has 1 fully saturated rings. The molecule has 1 aliphatic rings. The summed E-state index contributed by atoms with van der Waals surface area (Å²) in [6.07, 6.45) is 0. The number of likely N-dealkylation sites (N-methyl/N-ethyl adjacent to an activating group) is 1. The van der Waals surface area contributed by atoms with Crippen LogP contribution in [-0.2, 0) is 0 Å². The van der Waals surface area contributed by atoms with Crippen LogP contribution in [0.25, 0.3) is 16.3 Å². The van der Waals surface area contributed by atoms with Crippen LogP contribution in [0.4, 0.5) is 0 Å². The van der Waals surface area contributed by atoms with Gasteiger partial charge in [0, 0.05) is 36.8 Å². The van der Waals surface area contributed by atoms with Crippen LogP contribution in [-0.4, -0.2) is 62.7 Å². The Hall–Kier alpha value is -2.45. The molecule has 4 aromatic rings. The lowest BCUT2D eigenvalue weighted by atomic mass is 10.0. The minimum atomic E-state index is -0.0209. The summed E-state index contributed by atoms with van der Waals surface area (Å²) in [5.41, 5.74) is 2.04. The van der Waals surface area contributed by atoms with Crippen molar-refractivity contribution in [1.82, 2.24) is 24.4 Å². The van der Waals surface area contributed by atoms with Crippen molar-refractivity contribution in [3.05, 3.63) is 70.1 Å². The largest absolute Gasteiger partial charge is 0.492 e. The van der Waals surface area contributed by atoms with Gasteiger partial charge in [-0.2, -0.15) is 9.50 Å². The molecule has 1 unspecified atom stereocenters. The summed E-state index contributed by atoms with van der Waals surface area (Å²) in [7, 11) is 2.15. The molecule has 1 N–H and O–H groups in total. The van der Waals surface area contributed by atoms with Crippen molar-refractivity contribution < 1.29 is 5.11 Å². The first kappa shape index (κ1) is 19.5. The maximum absolute atomic E-state index is 11.1. The van der Waals surface area contributed by atoms with Crippen molar-refractivity contribution in [3.8, 4) is 17.3 Å².